The molecule has 0 saturated carbocycles. The molecule has 0 spiro atoms. The van der Waals surface area contributed by atoms with Crippen molar-refractivity contribution in [2.45, 2.75) is 19.9 Å². The molecule has 0 aliphatic rings. The van der Waals surface area contributed by atoms with E-state index in [-0.39, 0.29) is 5.91 Å². The Balaban J connectivity index is 2.96. The number of carboxylic acids is 1. The molecule has 92 valence electrons. The van der Waals surface area contributed by atoms with E-state index in [9.17, 15) is 9.59 Å². The Morgan fingerprint density at radius 2 is 2.00 bits per heavy atom. The molecule has 1 unspecified atom stereocenters. The van der Waals surface area contributed by atoms with Gasteiger partial charge in [-0.3, -0.25) is 4.79 Å². The molecule has 1 atom stereocenters. The monoisotopic (exact) mass is 255 g/mol. The minimum Gasteiger partial charge on any atom is -0.480 e. The highest BCUT2D eigenvalue weighted by Crippen LogP contribution is 2.18. The number of halogens is 1. The van der Waals surface area contributed by atoms with E-state index in [1.807, 2.05) is 6.92 Å². The molecule has 0 aliphatic carbocycles. The van der Waals surface area contributed by atoms with Crippen LogP contribution < -0.4 is 0 Å². The van der Waals surface area contributed by atoms with Crippen LogP contribution in [-0.2, 0) is 4.79 Å². The SMILES string of the molecule is Cc1ccc(C(=O)N(C)C(C)C(=O)O)cc1Cl. The van der Waals surface area contributed by atoms with Crippen LogP contribution in [0.3, 0.4) is 0 Å². The molecule has 0 saturated heterocycles. The summed E-state index contributed by atoms with van der Waals surface area (Å²) in [5.74, 6) is -1.40. The van der Waals surface area contributed by atoms with Crippen molar-refractivity contribution in [2.75, 3.05) is 7.05 Å². The number of aliphatic carboxylic acids is 1. The summed E-state index contributed by atoms with van der Waals surface area (Å²) in [5, 5.41) is 9.32. The highest BCUT2D eigenvalue weighted by Gasteiger charge is 2.22. The second-order valence-electron chi connectivity index (χ2n) is 3.89. The summed E-state index contributed by atoms with van der Waals surface area (Å²) in [6, 6.07) is 4.04. The second kappa shape index (κ2) is 5.19. The lowest BCUT2D eigenvalue weighted by molar-refractivity contribution is -0.141. The molecule has 0 bridgehead atoms. The van der Waals surface area contributed by atoms with Crippen LogP contribution in [0.2, 0.25) is 5.02 Å². The fourth-order valence-corrected chi connectivity index (χ4v) is 1.45. The van der Waals surface area contributed by atoms with Crippen LogP contribution in [0.5, 0.6) is 0 Å². The fraction of sp³-hybridized carbons (Fsp3) is 0.333. The number of carbonyl (C=O) groups is 2. The smallest absolute Gasteiger partial charge is 0.326 e. The number of hydrogen-bond acceptors (Lipinski definition) is 2. The average Bonchev–Trinajstić information content (AvgIpc) is 2.29. The van der Waals surface area contributed by atoms with Crippen molar-refractivity contribution in [3.8, 4) is 0 Å². The van der Waals surface area contributed by atoms with Gasteiger partial charge in [-0.1, -0.05) is 17.7 Å². The van der Waals surface area contributed by atoms with E-state index < -0.39 is 12.0 Å². The van der Waals surface area contributed by atoms with Gasteiger partial charge in [-0.05, 0) is 31.5 Å². The summed E-state index contributed by atoms with van der Waals surface area (Å²) in [6.07, 6.45) is 0. The molecule has 1 amide bonds. The molecule has 0 aliphatic heterocycles. The van der Waals surface area contributed by atoms with Gasteiger partial charge in [0.15, 0.2) is 0 Å². The molecule has 0 fully saturated rings. The van der Waals surface area contributed by atoms with Gasteiger partial charge in [0.05, 0.1) is 0 Å². The Morgan fingerprint density at radius 1 is 1.41 bits per heavy atom. The third-order valence-electron chi connectivity index (χ3n) is 2.68. The van der Waals surface area contributed by atoms with Crippen LogP contribution in [0.1, 0.15) is 22.8 Å². The van der Waals surface area contributed by atoms with E-state index >= 15 is 0 Å². The van der Waals surface area contributed by atoms with Crippen LogP contribution in [0.25, 0.3) is 0 Å². The number of hydrogen-bond donors (Lipinski definition) is 1. The lowest BCUT2D eigenvalue weighted by Crippen LogP contribution is -2.40. The minimum atomic E-state index is -1.04. The van der Waals surface area contributed by atoms with Gasteiger partial charge in [0.25, 0.3) is 5.91 Å². The highest BCUT2D eigenvalue weighted by atomic mass is 35.5. The van der Waals surface area contributed by atoms with E-state index in [1.54, 1.807) is 18.2 Å². The fourth-order valence-electron chi connectivity index (χ4n) is 1.27. The van der Waals surface area contributed by atoms with Crippen molar-refractivity contribution in [1.29, 1.82) is 0 Å². The zero-order valence-electron chi connectivity index (χ0n) is 9.90. The topological polar surface area (TPSA) is 57.6 Å². The number of benzene rings is 1. The summed E-state index contributed by atoms with van der Waals surface area (Å²) in [5.41, 5.74) is 1.26. The summed E-state index contributed by atoms with van der Waals surface area (Å²) in [7, 11) is 1.45. The quantitative estimate of drug-likeness (QED) is 0.901. The number of carbonyl (C=O) groups excluding carboxylic acids is 1. The first-order valence-corrected chi connectivity index (χ1v) is 5.48. The molecule has 0 radical (unpaired) electrons. The normalized spacial score (nSPS) is 12.0. The predicted molar refractivity (Wildman–Crippen MR) is 65.4 cm³/mol. The van der Waals surface area contributed by atoms with Crippen molar-refractivity contribution < 1.29 is 14.7 Å². The maximum absolute atomic E-state index is 12.0. The molecule has 1 rings (SSSR count). The highest BCUT2D eigenvalue weighted by molar-refractivity contribution is 6.31. The maximum Gasteiger partial charge on any atom is 0.326 e. The van der Waals surface area contributed by atoms with Crippen molar-refractivity contribution in [2.24, 2.45) is 0 Å². The van der Waals surface area contributed by atoms with Gasteiger partial charge < -0.3 is 10.0 Å². The average molecular weight is 256 g/mol. The zero-order valence-corrected chi connectivity index (χ0v) is 10.7. The molecule has 1 aromatic rings. The molecule has 17 heavy (non-hydrogen) atoms. The van der Waals surface area contributed by atoms with Crippen LogP contribution in [0, 0.1) is 6.92 Å². The zero-order chi connectivity index (χ0) is 13.2. The first-order valence-electron chi connectivity index (χ1n) is 5.10. The van der Waals surface area contributed by atoms with Crippen molar-refractivity contribution in [3.05, 3.63) is 34.3 Å². The standard InChI is InChI=1S/C12H14ClNO3/c1-7-4-5-9(6-10(7)13)11(15)14(3)8(2)12(16)17/h4-6,8H,1-3H3,(H,16,17). The second-order valence-corrected chi connectivity index (χ2v) is 4.30. The first kappa shape index (κ1) is 13.5. The lowest BCUT2D eigenvalue weighted by Gasteiger charge is -2.21. The first-order chi connectivity index (χ1) is 7.84. The van der Waals surface area contributed by atoms with Crippen LogP contribution in [0.4, 0.5) is 0 Å². The Hall–Kier alpha value is -1.55. The predicted octanol–water partition coefficient (Wildman–Crippen LogP) is 2.19. The van der Waals surface area contributed by atoms with Crippen molar-refractivity contribution in [1.82, 2.24) is 4.90 Å². The molecule has 1 N–H and O–H groups in total. The number of rotatable bonds is 3. The maximum atomic E-state index is 12.0. The van der Waals surface area contributed by atoms with Crippen molar-refractivity contribution in [3.63, 3.8) is 0 Å². The Morgan fingerprint density at radius 3 is 2.47 bits per heavy atom. The molecule has 5 heteroatoms. The molecular formula is C12H14ClNO3. The largest absolute Gasteiger partial charge is 0.480 e. The number of nitrogens with zero attached hydrogens (tertiary/aromatic N) is 1. The molecule has 0 heterocycles. The van der Waals surface area contributed by atoms with Gasteiger partial charge in [0.2, 0.25) is 0 Å². The molecule has 1 aromatic carbocycles. The van der Waals surface area contributed by atoms with Crippen molar-refractivity contribution >= 4 is 23.5 Å². The number of amides is 1. The number of aryl methyl sites for hydroxylation is 1. The Bertz CT molecular complexity index is 459. The summed E-state index contributed by atoms with van der Waals surface area (Å²) in [4.78, 5) is 23.9. The Kier molecular flexibility index (Phi) is 4.12. The third kappa shape index (κ3) is 2.97. The van der Waals surface area contributed by atoms with Crippen LogP contribution in [0.15, 0.2) is 18.2 Å². The molecule has 4 nitrogen and oxygen atoms in total. The van der Waals surface area contributed by atoms with Gasteiger partial charge in [-0.15, -0.1) is 0 Å². The van der Waals surface area contributed by atoms with Gasteiger partial charge in [0.1, 0.15) is 6.04 Å². The van der Waals surface area contributed by atoms with E-state index in [1.165, 1.54) is 18.9 Å². The van der Waals surface area contributed by atoms with E-state index in [0.29, 0.717) is 10.6 Å². The molecular weight excluding hydrogens is 242 g/mol. The van der Waals surface area contributed by atoms with E-state index in [2.05, 4.69) is 0 Å². The van der Waals surface area contributed by atoms with E-state index in [0.717, 1.165) is 5.56 Å². The summed E-state index contributed by atoms with van der Waals surface area (Å²) >= 11 is 5.92. The van der Waals surface area contributed by atoms with Crippen LogP contribution >= 0.6 is 11.6 Å². The number of carboxylic acid groups (broad SMARTS) is 1. The summed E-state index contributed by atoms with van der Waals surface area (Å²) < 4.78 is 0. The van der Waals surface area contributed by atoms with Gasteiger partial charge in [-0.25, -0.2) is 4.79 Å². The van der Waals surface area contributed by atoms with Gasteiger partial charge >= 0.3 is 5.97 Å². The molecule has 0 aromatic heterocycles. The number of likely N-dealkylation sites (N-methyl/N-ethyl adjacent to an activating group) is 1. The summed E-state index contributed by atoms with van der Waals surface area (Å²) in [6.45, 7) is 3.29. The van der Waals surface area contributed by atoms with Crippen LogP contribution in [-0.4, -0.2) is 35.0 Å². The Labute approximate surface area is 105 Å². The third-order valence-corrected chi connectivity index (χ3v) is 3.08. The van der Waals surface area contributed by atoms with Gasteiger partial charge in [-0.2, -0.15) is 0 Å². The van der Waals surface area contributed by atoms with E-state index in [4.69, 9.17) is 16.7 Å². The van der Waals surface area contributed by atoms with Gasteiger partial charge in [0, 0.05) is 17.6 Å². The minimum absolute atomic E-state index is 0.359. The lowest BCUT2D eigenvalue weighted by atomic mass is 10.1.